The number of thiophene rings is 1. The van der Waals surface area contributed by atoms with Crippen LogP contribution < -0.4 is 5.32 Å². The molecule has 23 heavy (non-hydrogen) atoms. The number of hydrogen-bond acceptors (Lipinski definition) is 5. The van der Waals surface area contributed by atoms with Crippen molar-refractivity contribution < 1.29 is 14.3 Å². The summed E-state index contributed by atoms with van der Waals surface area (Å²) in [6.45, 7) is 4.50. The summed E-state index contributed by atoms with van der Waals surface area (Å²) in [5.74, 6) is 0.100. The highest BCUT2D eigenvalue weighted by molar-refractivity contribution is 7.08. The largest absolute Gasteiger partial charge is 0.366 e. The summed E-state index contributed by atoms with van der Waals surface area (Å²) in [6, 6.07) is 1.85. The lowest BCUT2D eigenvalue weighted by atomic mass is 10.2. The molecule has 1 aromatic heterocycles. The monoisotopic (exact) mass is 359 g/mol. The second kappa shape index (κ2) is 8.63. The van der Waals surface area contributed by atoms with Crippen molar-refractivity contribution in [3.63, 3.8) is 0 Å². The molecule has 1 unspecified atom stereocenters. The van der Waals surface area contributed by atoms with Gasteiger partial charge in [-0.05, 0) is 17.9 Å². The van der Waals surface area contributed by atoms with Crippen molar-refractivity contribution in [2.24, 2.45) is 0 Å². The normalized spacial score (nSPS) is 22.2. The Balaban J connectivity index is 0.00000192. The lowest BCUT2D eigenvalue weighted by Gasteiger charge is -2.29. The van der Waals surface area contributed by atoms with E-state index < -0.39 is 0 Å². The maximum absolute atomic E-state index is 12.5. The molecular formula is C15H22ClN3O3S. The van der Waals surface area contributed by atoms with Crippen LogP contribution >= 0.6 is 23.7 Å². The maximum Gasteiger partial charge on any atom is 0.254 e. The number of carbonyl (C=O) groups excluding carboxylic acids is 2. The minimum absolute atomic E-state index is 0. The van der Waals surface area contributed by atoms with Gasteiger partial charge in [0.2, 0.25) is 0 Å². The number of nitrogens with one attached hydrogen (secondary N) is 1. The number of ether oxygens (including phenoxy) is 1. The topological polar surface area (TPSA) is 61.9 Å². The number of halogens is 1. The Labute approximate surface area is 146 Å². The molecule has 2 fully saturated rings. The second-order valence-electron chi connectivity index (χ2n) is 5.55. The van der Waals surface area contributed by atoms with Gasteiger partial charge in [-0.15, -0.1) is 12.4 Å². The van der Waals surface area contributed by atoms with E-state index in [0.717, 1.165) is 18.5 Å². The molecule has 1 aromatic rings. The number of nitrogens with zero attached hydrogens (tertiary/aromatic N) is 2. The van der Waals surface area contributed by atoms with Crippen molar-refractivity contribution in [2.75, 3.05) is 45.9 Å². The molecule has 3 rings (SSSR count). The van der Waals surface area contributed by atoms with Crippen LogP contribution in [0, 0.1) is 0 Å². The molecule has 6 nitrogen and oxygen atoms in total. The number of amides is 2. The molecule has 2 amide bonds. The molecule has 2 aliphatic heterocycles. The van der Waals surface area contributed by atoms with Crippen LogP contribution in [-0.4, -0.2) is 73.6 Å². The molecule has 0 saturated carbocycles. The lowest BCUT2D eigenvalue weighted by Crippen LogP contribution is -2.50. The van der Waals surface area contributed by atoms with E-state index >= 15 is 0 Å². The lowest BCUT2D eigenvalue weighted by molar-refractivity contribution is -0.145. The second-order valence-corrected chi connectivity index (χ2v) is 6.33. The maximum atomic E-state index is 12.5. The standard InChI is InChI=1S/C15H21N3O3S.ClH/c19-14(12-2-9-22-11-12)17-4-1-5-18(7-6-17)15(20)13-10-16-3-8-21-13;/h2,9,11,13,16H,1,3-8,10H2;1H. The average Bonchev–Trinajstić information content (AvgIpc) is 2.99. The summed E-state index contributed by atoms with van der Waals surface area (Å²) in [5.41, 5.74) is 0.740. The van der Waals surface area contributed by atoms with Crippen LogP contribution in [0.2, 0.25) is 0 Å². The van der Waals surface area contributed by atoms with Crippen LogP contribution in [-0.2, 0) is 9.53 Å². The summed E-state index contributed by atoms with van der Waals surface area (Å²) < 4.78 is 5.53. The van der Waals surface area contributed by atoms with Gasteiger partial charge in [-0.1, -0.05) is 0 Å². The van der Waals surface area contributed by atoms with E-state index in [4.69, 9.17) is 4.74 Å². The molecule has 0 radical (unpaired) electrons. The van der Waals surface area contributed by atoms with Gasteiger partial charge in [-0.2, -0.15) is 11.3 Å². The van der Waals surface area contributed by atoms with E-state index in [1.165, 1.54) is 11.3 Å². The third kappa shape index (κ3) is 4.44. The van der Waals surface area contributed by atoms with Crippen LogP contribution in [0.3, 0.4) is 0 Å². The van der Waals surface area contributed by atoms with Crippen molar-refractivity contribution >= 4 is 35.6 Å². The van der Waals surface area contributed by atoms with Crippen molar-refractivity contribution in [3.05, 3.63) is 22.4 Å². The highest BCUT2D eigenvalue weighted by atomic mass is 35.5. The van der Waals surface area contributed by atoms with Crippen LogP contribution in [0.25, 0.3) is 0 Å². The SMILES string of the molecule is Cl.O=C(c1ccsc1)N1CCCN(C(=O)C2CNCCO2)CC1. The Bertz CT molecular complexity index is 520. The highest BCUT2D eigenvalue weighted by Crippen LogP contribution is 2.13. The number of hydrogen-bond donors (Lipinski definition) is 1. The van der Waals surface area contributed by atoms with Gasteiger partial charge in [0.25, 0.3) is 11.8 Å². The van der Waals surface area contributed by atoms with Gasteiger partial charge in [0, 0.05) is 44.6 Å². The first-order chi connectivity index (χ1) is 10.8. The fourth-order valence-corrected chi connectivity index (χ4v) is 3.47. The zero-order valence-corrected chi connectivity index (χ0v) is 14.5. The first kappa shape index (κ1) is 18.2. The molecule has 3 heterocycles. The summed E-state index contributed by atoms with van der Waals surface area (Å²) in [6.07, 6.45) is 0.426. The molecule has 0 aliphatic carbocycles. The zero-order valence-electron chi connectivity index (χ0n) is 12.9. The molecule has 0 bridgehead atoms. The molecule has 0 aromatic carbocycles. The Hall–Kier alpha value is -1.15. The fourth-order valence-electron chi connectivity index (χ4n) is 2.84. The smallest absolute Gasteiger partial charge is 0.254 e. The van der Waals surface area contributed by atoms with Gasteiger partial charge in [-0.25, -0.2) is 0 Å². The van der Waals surface area contributed by atoms with E-state index in [2.05, 4.69) is 5.32 Å². The van der Waals surface area contributed by atoms with Gasteiger partial charge in [0.1, 0.15) is 6.10 Å². The first-order valence-electron chi connectivity index (χ1n) is 7.68. The Kier molecular flexibility index (Phi) is 6.83. The summed E-state index contributed by atoms with van der Waals surface area (Å²) in [4.78, 5) is 28.5. The molecule has 2 aliphatic rings. The summed E-state index contributed by atoms with van der Waals surface area (Å²) in [7, 11) is 0. The fraction of sp³-hybridized carbons (Fsp3) is 0.600. The van der Waals surface area contributed by atoms with E-state index in [9.17, 15) is 9.59 Å². The number of morpholine rings is 1. The predicted molar refractivity (Wildman–Crippen MR) is 91.3 cm³/mol. The number of carbonyl (C=O) groups is 2. The van der Waals surface area contributed by atoms with Crippen molar-refractivity contribution in [2.45, 2.75) is 12.5 Å². The average molecular weight is 360 g/mol. The van der Waals surface area contributed by atoms with Gasteiger partial charge in [0.15, 0.2) is 0 Å². The third-order valence-electron chi connectivity index (χ3n) is 4.07. The molecule has 128 valence electrons. The van der Waals surface area contributed by atoms with Crippen LogP contribution in [0.4, 0.5) is 0 Å². The van der Waals surface area contributed by atoms with E-state index in [-0.39, 0.29) is 30.3 Å². The van der Waals surface area contributed by atoms with Gasteiger partial charge in [-0.3, -0.25) is 9.59 Å². The molecule has 8 heteroatoms. The van der Waals surface area contributed by atoms with E-state index in [1.807, 2.05) is 26.6 Å². The van der Waals surface area contributed by atoms with Crippen molar-refractivity contribution in [3.8, 4) is 0 Å². The highest BCUT2D eigenvalue weighted by Gasteiger charge is 2.29. The zero-order chi connectivity index (χ0) is 15.4. The minimum atomic E-state index is -0.382. The van der Waals surface area contributed by atoms with Crippen LogP contribution in [0.15, 0.2) is 16.8 Å². The molecule has 2 saturated heterocycles. The van der Waals surface area contributed by atoms with Crippen molar-refractivity contribution in [1.29, 1.82) is 0 Å². The van der Waals surface area contributed by atoms with Gasteiger partial charge >= 0.3 is 0 Å². The Morgan fingerprint density at radius 1 is 1.22 bits per heavy atom. The van der Waals surface area contributed by atoms with E-state index in [1.54, 1.807) is 0 Å². The molecule has 1 N–H and O–H groups in total. The summed E-state index contributed by atoms with van der Waals surface area (Å²) >= 11 is 1.53. The molecule has 1 atom stereocenters. The first-order valence-corrected chi connectivity index (χ1v) is 8.62. The van der Waals surface area contributed by atoms with E-state index in [0.29, 0.717) is 39.3 Å². The van der Waals surface area contributed by atoms with Crippen molar-refractivity contribution in [1.82, 2.24) is 15.1 Å². The predicted octanol–water partition coefficient (Wildman–Crippen LogP) is 0.833. The molecular weight excluding hydrogens is 338 g/mol. The van der Waals surface area contributed by atoms with Gasteiger partial charge < -0.3 is 19.9 Å². The Morgan fingerprint density at radius 3 is 2.70 bits per heavy atom. The minimum Gasteiger partial charge on any atom is -0.366 e. The molecule has 0 spiro atoms. The third-order valence-corrected chi connectivity index (χ3v) is 4.75. The van der Waals surface area contributed by atoms with Crippen LogP contribution in [0.5, 0.6) is 0 Å². The Morgan fingerprint density at radius 2 is 2.00 bits per heavy atom. The van der Waals surface area contributed by atoms with Gasteiger partial charge in [0.05, 0.1) is 12.2 Å². The summed E-state index contributed by atoms with van der Waals surface area (Å²) in [5, 5.41) is 6.96. The van der Waals surface area contributed by atoms with Crippen LogP contribution in [0.1, 0.15) is 16.8 Å². The quantitative estimate of drug-likeness (QED) is 0.849. The number of rotatable bonds is 2.